The molecule has 1 aliphatic heterocycles. The van der Waals surface area contributed by atoms with Gasteiger partial charge >= 0.3 is 5.69 Å². The number of aromatic amines is 1. The number of aryl methyl sites for hydroxylation is 1. The smallest absolute Gasteiger partial charge is 0.326 e. The zero-order valence-corrected chi connectivity index (χ0v) is 16.8. The zero-order valence-electron chi connectivity index (χ0n) is 16.0. The summed E-state index contributed by atoms with van der Waals surface area (Å²) >= 11 is 6.04. The Bertz CT molecular complexity index is 1210. The highest BCUT2D eigenvalue weighted by Gasteiger charge is 2.26. The molecular formula is C21H21ClN6O. The Morgan fingerprint density at radius 2 is 1.76 bits per heavy atom. The highest BCUT2D eigenvalue weighted by atomic mass is 35.5. The van der Waals surface area contributed by atoms with Gasteiger partial charge in [0.25, 0.3) is 0 Å². The minimum atomic E-state index is -0.0372. The number of rotatable bonds is 3. The van der Waals surface area contributed by atoms with Gasteiger partial charge in [0.1, 0.15) is 5.82 Å². The number of nitrogens with one attached hydrogen (secondary N) is 1. The van der Waals surface area contributed by atoms with Crippen LogP contribution in [0.4, 0.5) is 5.95 Å². The highest BCUT2D eigenvalue weighted by Crippen LogP contribution is 2.29. The van der Waals surface area contributed by atoms with Gasteiger partial charge in [-0.3, -0.25) is 9.13 Å². The summed E-state index contributed by atoms with van der Waals surface area (Å²) in [6.07, 6.45) is 1.74. The number of anilines is 1. The molecule has 1 saturated heterocycles. The van der Waals surface area contributed by atoms with Crippen LogP contribution in [0.15, 0.2) is 53.3 Å². The molecule has 0 saturated carbocycles. The van der Waals surface area contributed by atoms with Crippen molar-refractivity contribution in [2.75, 3.05) is 18.0 Å². The van der Waals surface area contributed by atoms with Gasteiger partial charge in [0.05, 0.1) is 16.7 Å². The fourth-order valence-corrected chi connectivity index (χ4v) is 4.34. The molecule has 8 heteroatoms. The van der Waals surface area contributed by atoms with E-state index in [9.17, 15) is 4.79 Å². The van der Waals surface area contributed by atoms with Crippen LogP contribution >= 0.6 is 11.6 Å². The molecule has 7 nitrogen and oxygen atoms in total. The van der Waals surface area contributed by atoms with E-state index in [1.54, 1.807) is 0 Å². The second-order valence-electron chi connectivity index (χ2n) is 7.39. The Morgan fingerprint density at radius 1 is 1.03 bits per heavy atom. The van der Waals surface area contributed by atoms with Gasteiger partial charge in [0, 0.05) is 24.2 Å². The number of benzene rings is 2. The Hall–Kier alpha value is -3.06. The molecule has 29 heavy (non-hydrogen) atoms. The van der Waals surface area contributed by atoms with Crippen LogP contribution in [0.3, 0.4) is 0 Å². The lowest BCUT2D eigenvalue weighted by atomic mass is 10.0. The van der Waals surface area contributed by atoms with Crippen LogP contribution in [0.1, 0.15) is 24.7 Å². The molecule has 0 amide bonds. The minimum absolute atomic E-state index is 0.0372. The SMILES string of the molecule is Cc1nnc(N2CCC(n3c(=O)[nH]c4ccccc43)CC2)n1-c1ccc(Cl)cc1. The van der Waals surface area contributed by atoms with E-state index in [1.165, 1.54) is 0 Å². The van der Waals surface area contributed by atoms with Gasteiger partial charge in [0.15, 0.2) is 0 Å². The molecule has 0 atom stereocenters. The molecule has 3 heterocycles. The largest absolute Gasteiger partial charge is 0.340 e. The second kappa shape index (κ2) is 7.08. The number of H-pyrrole nitrogens is 1. The Balaban J connectivity index is 1.41. The van der Waals surface area contributed by atoms with Crippen molar-refractivity contribution < 1.29 is 0 Å². The molecule has 2 aromatic carbocycles. The summed E-state index contributed by atoms with van der Waals surface area (Å²) in [7, 11) is 0. The molecule has 2 aromatic heterocycles. The number of hydrogen-bond acceptors (Lipinski definition) is 4. The molecular weight excluding hydrogens is 388 g/mol. The quantitative estimate of drug-likeness (QED) is 0.561. The van der Waals surface area contributed by atoms with Gasteiger partial charge in [-0.25, -0.2) is 4.79 Å². The second-order valence-corrected chi connectivity index (χ2v) is 7.83. The number of halogens is 1. The van der Waals surface area contributed by atoms with Crippen LogP contribution in [-0.2, 0) is 0 Å². The molecule has 4 aromatic rings. The monoisotopic (exact) mass is 408 g/mol. The molecule has 1 fully saturated rings. The van der Waals surface area contributed by atoms with Crippen LogP contribution in [-0.4, -0.2) is 37.4 Å². The fourth-order valence-electron chi connectivity index (χ4n) is 4.21. The zero-order chi connectivity index (χ0) is 20.0. The first kappa shape index (κ1) is 18.0. The van der Waals surface area contributed by atoms with Crippen LogP contribution < -0.4 is 10.6 Å². The summed E-state index contributed by atoms with van der Waals surface area (Å²) in [5.74, 6) is 1.66. The number of fused-ring (bicyclic) bond motifs is 1. The van der Waals surface area contributed by atoms with Gasteiger partial charge in [-0.1, -0.05) is 23.7 Å². The maximum absolute atomic E-state index is 12.5. The lowest BCUT2D eigenvalue weighted by Crippen LogP contribution is -2.38. The van der Waals surface area contributed by atoms with E-state index < -0.39 is 0 Å². The summed E-state index contributed by atoms with van der Waals surface area (Å²) in [4.78, 5) is 17.7. The third kappa shape index (κ3) is 3.11. The molecule has 0 radical (unpaired) electrons. The predicted molar refractivity (Wildman–Crippen MR) is 114 cm³/mol. The molecule has 1 N–H and O–H groups in total. The third-order valence-electron chi connectivity index (χ3n) is 5.63. The van der Waals surface area contributed by atoms with E-state index in [0.717, 1.165) is 54.4 Å². The van der Waals surface area contributed by atoms with E-state index in [4.69, 9.17) is 11.6 Å². The topological polar surface area (TPSA) is 71.7 Å². The molecule has 0 aliphatic carbocycles. The van der Waals surface area contributed by atoms with Crippen molar-refractivity contribution in [2.45, 2.75) is 25.8 Å². The number of imidazole rings is 1. The first-order valence-corrected chi connectivity index (χ1v) is 10.1. The van der Waals surface area contributed by atoms with E-state index in [0.29, 0.717) is 5.02 Å². The van der Waals surface area contributed by atoms with Crippen LogP contribution in [0.5, 0.6) is 0 Å². The number of para-hydroxylation sites is 2. The fraction of sp³-hybridized carbons (Fsp3) is 0.286. The van der Waals surface area contributed by atoms with Crippen molar-refractivity contribution >= 4 is 28.6 Å². The Morgan fingerprint density at radius 3 is 2.52 bits per heavy atom. The van der Waals surface area contributed by atoms with Crippen molar-refractivity contribution in [3.05, 3.63) is 69.9 Å². The number of piperidine rings is 1. The van der Waals surface area contributed by atoms with Gasteiger partial charge in [-0.15, -0.1) is 10.2 Å². The maximum atomic E-state index is 12.5. The number of hydrogen-bond donors (Lipinski definition) is 1. The van der Waals surface area contributed by atoms with Crippen molar-refractivity contribution in [2.24, 2.45) is 0 Å². The van der Waals surface area contributed by atoms with Crippen molar-refractivity contribution in [3.8, 4) is 5.69 Å². The Labute approximate surface area is 172 Å². The van der Waals surface area contributed by atoms with E-state index in [-0.39, 0.29) is 11.7 Å². The number of nitrogens with zero attached hydrogens (tertiary/aromatic N) is 5. The first-order chi connectivity index (χ1) is 14.1. The van der Waals surface area contributed by atoms with Crippen molar-refractivity contribution in [3.63, 3.8) is 0 Å². The summed E-state index contributed by atoms with van der Waals surface area (Å²) in [5.41, 5.74) is 2.81. The molecule has 1 aliphatic rings. The average molecular weight is 409 g/mol. The average Bonchev–Trinajstić information content (AvgIpc) is 3.28. The summed E-state index contributed by atoms with van der Waals surface area (Å²) in [6, 6.07) is 15.7. The van der Waals surface area contributed by atoms with Gasteiger partial charge in [-0.2, -0.15) is 0 Å². The Kier molecular flexibility index (Phi) is 4.39. The molecule has 0 bridgehead atoms. The van der Waals surface area contributed by atoms with E-state index >= 15 is 0 Å². The van der Waals surface area contributed by atoms with Gasteiger partial charge in [-0.05, 0) is 56.2 Å². The van der Waals surface area contributed by atoms with Gasteiger partial charge < -0.3 is 9.88 Å². The summed E-state index contributed by atoms with van der Waals surface area (Å²) in [6.45, 7) is 3.56. The summed E-state index contributed by atoms with van der Waals surface area (Å²) in [5, 5.41) is 9.42. The first-order valence-electron chi connectivity index (χ1n) is 9.74. The standard InChI is InChI=1S/C21H21ClN6O/c1-14-24-25-20(27(14)16-8-6-15(22)7-9-16)26-12-10-17(11-13-26)28-19-5-3-2-4-18(19)23-21(28)29/h2-9,17H,10-13H2,1H3,(H,23,29). The molecule has 0 unspecified atom stereocenters. The number of aromatic nitrogens is 5. The van der Waals surface area contributed by atoms with Crippen molar-refractivity contribution in [1.82, 2.24) is 24.3 Å². The summed E-state index contributed by atoms with van der Waals surface area (Å²) < 4.78 is 3.95. The molecule has 148 valence electrons. The lowest BCUT2D eigenvalue weighted by Gasteiger charge is -2.33. The lowest BCUT2D eigenvalue weighted by molar-refractivity contribution is 0.393. The maximum Gasteiger partial charge on any atom is 0.326 e. The van der Waals surface area contributed by atoms with E-state index in [2.05, 4.69) is 24.6 Å². The molecule has 5 rings (SSSR count). The van der Waals surface area contributed by atoms with Crippen molar-refractivity contribution in [1.29, 1.82) is 0 Å². The van der Waals surface area contributed by atoms with Crippen LogP contribution in [0.2, 0.25) is 5.02 Å². The normalized spacial score (nSPS) is 15.3. The third-order valence-corrected chi connectivity index (χ3v) is 5.88. The predicted octanol–water partition coefficient (Wildman–Crippen LogP) is 3.71. The van der Waals surface area contributed by atoms with Gasteiger partial charge in [0.2, 0.25) is 5.95 Å². The van der Waals surface area contributed by atoms with Crippen LogP contribution in [0.25, 0.3) is 16.7 Å². The molecule has 0 spiro atoms. The highest BCUT2D eigenvalue weighted by molar-refractivity contribution is 6.30. The minimum Gasteiger partial charge on any atom is -0.340 e. The van der Waals surface area contributed by atoms with E-state index in [1.807, 2.05) is 60.0 Å². The van der Waals surface area contributed by atoms with Crippen LogP contribution in [0, 0.1) is 6.92 Å².